The summed E-state index contributed by atoms with van der Waals surface area (Å²) in [7, 11) is 0. The van der Waals surface area contributed by atoms with Crippen LogP contribution in [0.15, 0.2) is 12.1 Å². The van der Waals surface area contributed by atoms with Gasteiger partial charge in [0, 0.05) is 18.0 Å². The molecule has 1 heterocycles. The number of nitrogens with one attached hydrogen (secondary N) is 4. The van der Waals surface area contributed by atoms with Gasteiger partial charge < -0.3 is 21.3 Å². The third-order valence-electron chi connectivity index (χ3n) is 6.96. The fourth-order valence-corrected chi connectivity index (χ4v) is 4.56. The highest BCUT2D eigenvalue weighted by Gasteiger charge is 2.68. The second-order valence-electron chi connectivity index (χ2n) is 10.1. The number of hydrogen-bond donors (Lipinski definition) is 4. The number of benzene rings is 1. The predicted molar refractivity (Wildman–Crippen MR) is 126 cm³/mol. The van der Waals surface area contributed by atoms with Gasteiger partial charge in [0.25, 0.3) is 11.8 Å². The SMILES string of the molecule is C[C@@H]1C[C@@H](CC(NC(=O)c2cc(Cl)c(F)cc2NC(=O)C2(C(F)(F)F)CC2)C(=O)C(=O)NC2CC2)C(=O)N1. The number of rotatable bonds is 9. The van der Waals surface area contributed by atoms with Crippen LogP contribution in [0.2, 0.25) is 5.02 Å². The predicted octanol–water partition coefficient (Wildman–Crippen LogP) is 2.62. The minimum absolute atomic E-state index is 0.168. The Balaban J connectivity index is 1.58. The topological polar surface area (TPSA) is 133 Å². The van der Waals surface area contributed by atoms with E-state index in [1.54, 1.807) is 6.92 Å². The summed E-state index contributed by atoms with van der Waals surface area (Å²) >= 11 is 5.80. The Labute approximate surface area is 219 Å². The van der Waals surface area contributed by atoms with Crippen LogP contribution in [0.5, 0.6) is 0 Å². The number of carbonyl (C=O) groups is 5. The molecule has 1 aliphatic heterocycles. The van der Waals surface area contributed by atoms with Gasteiger partial charge in [-0.2, -0.15) is 13.2 Å². The van der Waals surface area contributed by atoms with Gasteiger partial charge in [-0.05, 0) is 57.6 Å². The molecule has 38 heavy (non-hydrogen) atoms. The van der Waals surface area contributed by atoms with E-state index in [0.717, 1.165) is 6.07 Å². The fourth-order valence-electron chi connectivity index (χ4n) is 4.40. The average molecular weight is 561 g/mol. The van der Waals surface area contributed by atoms with Crippen LogP contribution in [-0.4, -0.2) is 53.7 Å². The van der Waals surface area contributed by atoms with Crippen molar-refractivity contribution < 1.29 is 41.5 Å². The lowest BCUT2D eigenvalue weighted by Crippen LogP contribution is -2.49. The van der Waals surface area contributed by atoms with Crippen molar-refractivity contribution in [2.45, 2.75) is 69.8 Å². The zero-order valence-corrected chi connectivity index (χ0v) is 20.9. The first-order chi connectivity index (χ1) is 17.7. The quantitative estimate of drug-likeness (QED) is 0.272. The van der Waals surface area contributed by atoms with Crippen molar-refractivity contribution in [3.8, 4) is 0 Å². The molecule has 4 rings (SSSR count). The maximum atomic E-state index is 14.2. The van der Waals surface area contributed by atoms with Gasteiger partial charge in [0.1, 0.15) is 11.2 Å². The molecule has 2 aliphatic carbocycles. The summed E-state index contributed by atoms with van der Waals surface area (Å²) < 4.78 is 54.4. The van der Waals surface area contributed by atoms with Crippen LogP contribution in [0, 0.1) is 17.2 Å². The second-order valence-corrected chi connectivity index (χ2v) is 10.5. The van der Waals surface area contributed by atoms with Gasteiger partial charge in [0.2, 0.25) is 17.6 Å². The first-order valence-electron chi connectivity index (χ1n) is 12.0. The van der Waals surface area contributed by atoms with E-state index >= 15 is 0 Å². The highest BCUT2D eigenvalue weighted by atomic mass is 35.5. The van der Waals surface area contributed by atoms with Gasteiger partial charge in [0.15, 0.2) is 0 Å². The Morgan fingerprint density at radius 2 is 1.84 bits per heavy atom. The number of amides is 4. The lowest BCUT2D eigenvalue weighted by Gasteiger charge is -2.22. The molecule has 3 atom stereocenters. The summed E-state index contributed by atoms with van der Waals surface area (Å²) in [6, 6.07) is -0.450. The molecule has 0 bridgehead atoms. The van der Waals surface area contributed by atoms with Crippen LogP contribution in [0.3, 0.4) is 0 Å². The van der Waals surface area contributed by atoms with Crippen LogP contribution in [0.1, 0.15) is 55.8 Å². The third kappa shape index (κ3) is 5.77. The van der Waals surface area contributed by atoms with Crippen molar-refractivity contribution in [2.24, 2.45) is 11.3 Å². The molecule has 1 unspecified atom stereocenters. The van der Waals surface area contributed by atoms with E-state index in [1.807, 2.05) is 5.32 Å². The van der Waals surface area contributed by atoms with Gasteiger partial charge in [-0.3, -0.25) is 24.0 Å². The largest absolute Gasteiger partial charge is 0.403 e. The molecule has 0 radical (unpaired) electrons. The summed E-state index contributed by atoms with van der Waals surface area (Å²) in [5, 5.41) is 8.92. The van der Waals surface area contributed by atoms with Crippen molar-refractivity contribution in [1.82, 2.24) is 16.0 Å². The third-order valence-corrected chi connectivity index (χ3v) is 7.25. The molecule has 0 spiro atoms. The summed E-state index contributed by atoms with van der Waals surface area (Å²) in [5.41, 5.74) is -3.76. The summed E-state index contributed by atoms with van der Waals surface area (Å²) in [6.07, 6.45) is -4.29. The Hall–Kier alpha value is -3.22. The monoisotopic (exact) mass is 560 g/mol. The number of anilines is 1. The van der Waals surface area contributed by atoms with E-state index in [0.29, 0.717) is 25.3 Å². The van der Waals surface area contributed by atoms with Gasteiger partial charge >= 0.3 is 6.18 Å². The van der Waals surface area contributed by atoms with Gasteiger partial charge in [-0.15, -0.1) is 0 Å². The molecule has 3 fully saturated rings. The molecule has 1 aromatic rings. The smallest absolute Gasteiger partial charge is 0.353 e. The zero-order valence-electron chi connectivity index (χ0n) is 20.1. The number of alkyl halides is 3. The standard InChI is InChI=1S/C24H25ClF4N4O5/c1-10-6-11(19(35)30-10)7-17(18(34)21(37)31-12-2-3-12)32-20(36)13-8-14(25)15(26)9-16(13)33-22(38)23(4-5-23)24(27,28)29/h8-12,17H,2-7H2,1H3,(H,30,35)(H,31,37)(H,32,36)(H,33,38)/t10-,11+,17?/m1/s1. The fraction of sp³-hybridized carbons (Fsp3) is 0.542. The molecule has 4 N–H and O–H groups in total. The van der Waals surface area contributed by atoms with Gasteiger partial charge in [-0.25, -0.2) is 4.39 Å². The summed E-state index contributed by atoms with van der Waals surface area (Å²) in [5.74, 6) is -6.74. The molecule has 9 nitrogen and oxygen atoms in total. The number of halogens is 5. The first-order valence-corrected chi connectivity index (χ1v) is 12.4. The Morgan fingerprint density at radius 3 is 2.37 bits per heavy atom. The second kappa shape index (κ2) is 10.2. The lowest BCUT2D eigenvalue weighted by molar-refractivity contribution is -0.189. The summed E-state index contributed by atoms with van der Waals surface area (Å²) in [4.78, 5) is 63.3. The first kappa shape index (κ1) is 27.8. The van der Waals surface area contributed by atoms with Crippen LogP contribution in [0.4, 0.5) is 23.2 Å². The molecule has 2 saturated carbocycles. The zero-order chi connectivity index (χ0) is 28.0. The van der Waals surface area contributed by atoms with Crippen molar-refractivity contribution in [3.05, 3.63) is 28.5 Å². The van der Waals surface area contributed by atoms with Gasteiger partial charge in [0.05, 0.1) is 22.3 Å². The van der Waals surface area contributed by atoms with E-state index in [2.05, 4.69) is 16.0 Å². The van der Waals surface area contributed by atoms with Crippen LogP contribution < -0.4 is 21.3 Å². The lowest BCUT2D eigenvalue weighted by atomic mass is 9.93. The molecule has 1 aromatic carbocycles. The minimum atomic E-state index is -4.85. The Bertz CT molecular complexity index is 1200. The molecular weight excluding hydrogens is 536 g/mol. The Morgan fingerprint density at radius 1 is 1.18 bits per heavy atom. The number of Topliss-reactive ketones (excluding diaryl/α,β-unsaturated/α-hetero) is 1. The van der Waals surface area contributed by atoms with E-state index in [-0.39, 0.29) is 24.4 Å². The van der Waals surface area contributed by atoms with Crippen LogP contribution >= 0.6 is 11.6 Å². The maximum Gasteiger partial charge on any atom is 0.403 e. The molecule has 0 aromatic heterocycles. The number of ketones is 1. The van der Waals surface area contributed by atoms with E-state index in [1.165, 1.54) is 0 Å². The van der Waals surface area contributed by atoms with Crippen LogP contribution in [-0.2, 0) is 19.2 Å². The molecule has 206 valence electrons. The average Bonchev–Trinajstić information content (AvgIpc) is 3.73. The van der Waals surface area contributed by atoms with Crippen molar-refractivity contribution >= 4 is 46.7 Å². The van der Waals surface area contributed by atoms with Crippen molar-refractivity contribution in [1.29, 1.82) is 0 Å². The van der Waals surface area contributed by atoms with Crippen molar-refractivity contribution in [3.63, 3.8) is 0 Å². The van der Waals surface area contributed by atoms with Crippen molar-refractivity contribution in [2.75, 3.05) is 5.32 Å². The van der Waals surface area contributed by atoms with Crippen LogP contribution in [0.25, 0.3) is 0 Å². The molecule has 4 amide bonds. The minimum Gasteiger partial charge on any atom is -0.353 e. The molecule has 14 heteroatoms. The highest BCUT2D eigenvalue weighted by Crippen LogP contribution is 2.58. The van der Waals surface area contributed by atoms with E-state index in [4.69, 9.17) is 11.6 Å². The Kier molecular flexibility index (Phi) is 7.43. The number of hydrogen-bond acceptors (Lipinski definition) is 5. The normalized spacial score (nSPS) is 22.7. The van der Waals surface area contributed by atoms with Gasteiger partial charge in [-0.1, -0.05) is 11.6 Å². The molecule has 1 saturated heterocycles. The molecular formula is C24H25ClF4N4O5. The number of carbonyl (C=O) groups excluding carboxylic acids is 5. The highest BCUT2D eigenvalue weighted by molar-refractivity contribution is 6.38. The van der Waals surface area contributed by atoms with E-state index < -0.39 is 82.0 Å². The molecule has 3 aliphatic rings. The maximum absolute atomic E-state index is 14.2. The van der Waals surface area contributed by atoms with E-state index in [9.17, 15) is 41.5 Å². The summed E-state index contributed by atoms with van der Waals surface area (Å²) in [6.45, 7) is 1.75.